The van der Waals surface area contributed by atoms with Gasteiger partial charge < -0.3 is 20.4 Å². The van der Waals surface area contributed by atoms with Crippen molar-refractivity contribution in [1.29, 1.82) is 0 Å². The lowest BCUT2D eigenvalue weighted by Gasteiger charge is -2.28. The Hall–Kier alpha value is -2.44. The Kier molecular flexibility index (Phi) is 6.88. The number of ether oxygens (including phenoxy) is 1. The minimum atomic E-state index is -0.189. The third kappa shape index (κ3) is 4.91. The van der Waals surface area contributed by atoms with Crippen LogP contribution in [0.3, 0.4) is 0 Å². The van der Waals surface area contributed by atoms with Gasteiger partial charge in [0.2, 0.25) is 0 Å². The molecule has 0 saturated carbocycles. The Balaban J connectivity index is 1.49. The van der Waals surface area contributed by atoms with Crippen LogP contribution in [0.4, 0.5) is 0 Å². The van der Waals surface area contributed by atoms with Gasteiger partial charge in [-0.15, -0.1) is 0 Å². The van der Waals surface area contributed by atoms with Gasteiger partial charge in [0.1, 0.15) is 0 Å². The number of benzene rings is 2. The van der Waals surface area contributed by atoms with Crippen LogP contribution in [-0.4, -0.2) is 41.7 Å². The molecule has 2 aromatic carbocycles. The molecule has 0 spiro atoms. The molecule has 164 valence electrons. The Labute approximate surface area is 188 Å². The van der Waals surface area contributed by atoms with Gasteiger partial charge in [-0.05, 0) is 48.9 Å². The highest BCUT2D eigenvalue weighted by atomic mass is 32.1. The summed E-state index contributed by atoms with van der Waals surface area (Å²) in [6.07, 6.45) is 3.05. The van der Waals surface area contributed by atoms with E-state index in [9.17, 15) is 4.79 Å². The van der Waals surface area contributed by atoms with Gasteiger partial charge in [-0.25, -0.2) is 0 Å². The van der Waals surface area contributed by atoms with Gasteiger partial charge in [0.15, 0.2) is 0 Å². The van der Waals surface area contributed by atoms with E-state index in [2.05, 4.69) is 41.6 Å². The number of amides is 1. The van der Waals surface area contributed by atoms with Crippen molar-refractivity contribution in [2.75, 3.05) is 19.8 Å². The topological polar surface area (TPSA) is 66.2 Å². The Morgan fingerprint density at radius 2 is 1.90 bits per heavy atom. The number of carbonyl (C=O) groups is 1. The first-order valence-electron chi connectivity index (χ1n) is 11.2. The van der Waals surface area contributed by atoms with Crippen molar-refractivity contribution in [1.82, 2.24) is 15.6 Å². The van der Waals surface area contributed by atoms with Crippen molar-refractivity contribution >= 4 is 44.9 Å². The Morgan fingerprint density at radius 3 is 2.68 bits per heavy atom. The van der Waals surface area contributed by atoms with E-state index in [1.54, 1.807) is 0 Å². The molecule has 1 saturated heterocycles. The highest BCUT2D eigenvalue weighted by Gasteiger charge is 2.24. The second-order valence-corrected chi connectivity index (χ2v) is 9.01. The smallest absolute Gasteiger partial charge is 0.251 e. The highest BCUT2D eigenvalue weighted by molar-refractivity contribution is 7.80. The molecule has 31 heavy (non-hydrogen) atoms. The second-order valence-electron chi connectivity index (χ2n) is 8.57. The molecule has 6 heteroatoms. The molecule has 1 amide bonds. The zero-order chi connectivity index (χ0) is 21.8. The number of carbonyl (C=O) groups excluding carboxylic acids is 1. The quantitative estimate of drug-likeness (QED) is 0.464. The van der Waals surface area contributed by atoms with Gasteiger partial charge in [0.05, 0.1) is 11.0 Å². The Bertz CT molecular complexity index is 1070. The maximum absolute atomic E-state index is 13.2. The van der Waals surface area contributed by atoms with Crippen LogP contribution in [0.5, 0.6) is 0 Å². The first-order chi connectivity index (χ1) is 15.1. The molecule has 3 aromatic rings. The van der Waals surface area contributed by atoms with Gasteiger partial charge in [-0.2, -0.15) is 0 Å². The normalized spacial score (nSPS) is 16.8. The van der Waals surface area contributed by atoms with Crippen LogP contribution >= 0.6 is 12.2 Å². The summed E-state index contributed by atoms with van der Waals surface area (Å²) >= 11 is 5.72. The first kappa shape index (κ1) is 21.8. The molecule has 0 bridgehead atoms. The standard InChI is InChI=1S/C25H31N3O2S/c1-3-16(2)23(25(31)26-15-17-10-12-30-13-11-17)28-24(29)18-8-9-22-20(14-18)19-6-4-5-7-21(19)27-22/h4-9,14,16-17,23,27H,3,10-13,15H2,1-2H3,(H,26,31)(H,28,29)/t16-,23?/m0/s1. The number of aromatic amines is 1. The average Bonchev–Trinajstić information content (AvgIpc) is 3.19. The van der Waals surface area contributed by atoms with E-state index < -0.39 is 0 Å². The average molecular weight is 438 g/mol. The maximum atomic E-state index is 13.2. The maximum Gasteiger partial charge on any atom is 0.251 e. The van der Waals surface area contributed by atoms with E-state index >= 15 is 0 Å². The first-order valence-corrected chi connectivity index (χ1v) is 11.6. The lowest BCUT2D eigenvalue weighted by molar-refractivity contribution is 0.0675. The molecule has 0 radical (unpaired) electrons. The van der Waals surface area contributed by atoms with Gasteiger partial charge >= 0.3 is 0 Å². The summed E-state index contributed by atoms with van der Waals surface area (Å²) in [5.74, 6) is 0.729. The molecule has 3 N–H and O–H groups in total. The predicted molar refractivity (Wildman–Crippen MR) is 131 cm³/mol. The third-order valence-electron chi connectivity index (χ3n) is 6.46. The summed E-state index contributed by atoms with van der Waals surface area (Å²) in [7, 11) is 0. The van der Waals surface area contributed by atoms with Crippen LogP contribution in [0.2, 0.25) is 0 Å². The van der Waals surface area contributed by atoms with Crippen molar-refractivity contribution in [2.24, 2.45) is 11.8 Å². The largest absolute Gasteiger partial charge is 0.381 e. The molecule has 1 aromatic heterocycles. The summed E-state index contributed by atoms with van der Waals surface area (Å²) < 4.78 is 5.44. The number of rotatable bonds is 7. The summed E-state index contributed by atoms with van der Waals surface area (Å²) in [6.45, 7) is 6.74. The molecule has 1 aliphatic heterocycles. The van der Waals surface area contributed by atoms with E-state index in [1.165, 1.54) is 0 Å². The monoisotopic (exact) mass is 437 g/mol. The number of H-pyrrole nitrogens is 1. The molecule has 4 rings (SSSR count). The summed E-state index contributed by atoms with van der Waals surface area (Å²) in [6, 6.07) is 13.8. The molecule has 1 fully saturated rings. The summed E-state index contributed by atoms with van der Waals surface area (Å²) in [4.78, 5) is 17.3. The van der Waals surface area contributed by atoms with Crippen LogP contribution in [0.1, 0.15) is 43.5 Å². The minimum absolute atomic E-state index is 0.0901. The summed E-state index contributed by atoms with van der Waals surface area (Å²) in [5, 5.41) is 8.81. The fraction of sp³-hybridized carbons (Fsp3) is 0.440. The van der Waals surface area contributed by atoms with Gasteiger partial charge in [0.25, 0.3) is 5.91 Å². The van der Waals surface area contributed by atoms with Crippen LogP contribution in [0.15, 0.2) is 42.5 Å². The third-order valence-corrected chi connectivity index (χ3v) is 6.85. The highest BCUT2D eigenvalue weighted by Crippen LogP contribution is 2.26. The zero-order valence-corrected chi connectivity index (χ0v) is 19.1. The molecule has 5 nitrogen and oxygen atoms in total. The van der Waals surface area contributed by atoms with Crippen molar-refractivity contribution < 1.29 is 9.53 Å². The van der Waals surface area contributed by atoms with E-state index in [0.717, 1.165) is 65.8 Å². The number of hydrogen-bond donors (Lipinski definition) is 3. The molecule has 1 unspecified atom stereocenters. The molecule has 0 aliphatic carbocycles. The van der Waals surface area contributed by atoms with Crippen molar-refractivity contribution in [3.05, 3.63) is 48.0 Å². The molecule has 2 atom stereocenters. The molecular formula is C25H31N3O2S. The van der Waals surface area contributed by atoms with Gasteiger partial charge in [-0.1, -0.05) is 50.7 Å². The SMILES string of the molecule is CC[C@H](C)C(NC(=O)c1ccc2[nH]c3ccccc3c2c1)C(=S)NCC1CCOCC1. The summed E-state index contributed by atoms with van der Waals surface area (Å²) in [5.41, 5.74) is 2.76. The van der Waals surface area contributed by atoms with E-state index in [4.69, 9.17) is 17.0 Å². The fourth-order valence-electron chi connectivity index (χ4n) is 4.22. The van der Waals surface area contributed by atoms with Crippen molar-refractivity contribution in [2.45, 2.75) is 39.2 Å². The number of nitrogens with one attached hydrogen (secondary N) is 3. The Morgan fingerprint density at radius 1 is 1.16 bits per heavy atom. The van der Waals surface area contributed by atoms with Crippen molar-refractivity contribution in [3.63, 3.8) is 0 Å². The zero-order valence-electron chi connectivity index (χ0n) is 18.2. The number of thiocarbonyl (C=S) groups is 1. The van der Waals surface area contributed by atoms with Crippen LogP contribution in [0, 0.1) is 11.8 Å². The fourth-order valence-corrected chi connectivity index (χ4v) is 4.60. The number of para-hydroxylation sites is 1. The number of aromatic nitrogens is 1. The molecule has 2 heterocycles. The molecule has 1 aliphatic rings. The number of hydrogen-bond acceptors (Lipinski definition) is 3. The van der Waals surface area contributed by atoms with Crippen LogP contribution < -0.4 is 10.6 Å². The molecular weight excluding hydrogens is 406 g/mol. The number of fused-ring (bicyclic) bond motifs is 3. The predicted octanol–water partition coefficient (Wildman–Crippen LogP) is 4.81. The van der Waals surface area contributed by atoms with E-state index in [1.807, 2.05) is 30.3 Å². The van der Waals surface area contributed by atoms with E-state index in [-0.39, 0.29) is 17.9 Å². The second kappa shape index (κ2) is 9.79. The minimum Gasteiger partial charge on any atom is -0.381 e. The van der Waals surface area contributed by atoms with Crippen LogP contribution in [-0.2, 0) is 4.74 Å². The lowest BCUT2D eigenvalue weighted by Crippen LogP contribution is -2.50. The van der Waals surface area contributed by atoms with Crippen molar-refractivity contribution in [3.8, 4) is 0 Å². The van der Waals surface area contributed by atoms with Crippen LogP contribution in [0.25, 0.3) is 21.8 Å². The lowest BCUT2D eigenvalue weighted by atomic mass is 9.97. The van der Waals surface area contributed by atoms with Gasteiger partial charge in [-0.3, -0.25) is 4.79 Å². The van der Waals surface area contributed by atoms with E-state index in [0.29, 0.717) is 11.5 Å². The van der Waals surface area contributed by atoms with Gasteiger partial charge in [0, 0.05) is 47.1 Å².